The van der Waals surface area contributed by atoms with Crippen molar-refractivity contribution in [3.63, 3.8) is 0 Å². The Morgan fingerprint density at radius 3 is 2.85 bits per heavy atom. The summed E-state index contributed by atoms with van der Waals surface area (Å²) < 4.78 is 1.55. The summed E-state index contributed by atoms with van der Waals surface area (Å²) in [7, 11) is 0. The molecule has 1 aromatic carbocycles. The molecule has 1 fully saturated rings. The molecule has 1 saturated heterocycles. The van der Waals surface area contributed by atoms with Crippen LogP contribution >= 0.6 is 0 Å². The summed E-state index contributed by atoms with van der Waals surface area (Å²) in [4.78, 5) is 23.4. The van der Waals surface area contributed by atoms with Gasteiger partial charge >= 0.3 is 0 Å². The van der Waals surface area contributed by atoms with Gasteiger partial charge in [0, 0.05) is 31.4 Å². The van der Waals surface area contributed by atoms with Crippen LogP contribution in [0.1, 0.15) is 34.5 Å². The number of aromatic nitrogens is 4. The highest BCUT2D eigenvalue weighted by Gasteiger charge is 2.28. The lowest BCUT2D eigenvalue weighted by Crippen LogP contribution is -2.48. The van der Waals surface area contributed by atoms with Crippen LogP contribution in [0.15, 0.2) is 55.2 Å². The van der Waals surface area contributed by atoms with Gasteiger partial charge in [-0.3, -0.25) is 4.79 Å². The molecule has 0 spiro atoms. The molecule has 4 rings (SSSR count). The van der Waals surface area contributed by atoms with Gasteiger partial charge in [0.1, 0.15) is 12.7 Å². The molecular formula is C20H22N6O. The van der Waals surface area contributed by atoms with E-state index in [0.29, 0.717) is 17.9 Å². The first kappa shape index (κ1) is 17.4. The van der Waals surface area contributed by atoms with Crippen molar-refractivity contribution >= 4 is 5.91 Å². The number of rotatable bonds is 4. The molecule has 0 radical (unpaired) electrons. The fraction of sp³-hybridized carbons (Fsp3) is 0.300. The number of hydrogen-bond donors (Lipinski definition) is 1. The third-order valence-electron chi connectivity index (χ3n) is 4.92. The van der Waals surface area contributed by atoms with Crippen molar-refractivity contribution in [3.05, 3.63) is 71.9 Å². The number of aryl methyl sites for hydroxylation is 1. The van der Waals surface area contributed by atoms with Gasteiger partial charge in [0.25, 0.3) is 5.91 Å². The molecule has 1 amide bonds. The number of nitrogens with one attached hydrogen (secondary N) is 1. The van der Waals surface area contributed by atoms with E-state index >= 15 is 0 Å². The number of hydrogen-bond acceptors (Lipinski definition) is 5. The van der Waals surface area contributed by atoms with E-state index in [4.69, 9.17) is 0 Å². The van der Waals surface area contributed by atoms with Gasteiger partial charge in [-0.25, -0.2) is 14.6 Å². The van der Waals surface area contributed by atoms with E-state index in [-0.39, 0.29) is 11.9 Å². The molecule has 0 bridgehead atoms. The SMILES string of the molecule is CCc1ccc(C2CNCCN2C(=O)c2ccnc(-n3cncn3)c2)cc1. The predicted molar refractivity (Wildman–Crippen MR) is 102 cm³/mol. The maximum absolute atomic E-state index is 13.3. The third-order valence-corrected chi connectivity index (χ3v) is 4.92. The first-order valence-electron chi connectivity index (χ1n) is 9.18. The fourth-order valence-electron chi connectivity index (χ4n) is 3.39. The molecule has 7 nitrogen and oxygen atoms in total. The molecule has 3 heterocycles. The van der Waals surface area contributed by atoms with Crippen LogP contribution in [0, 0.1) is 0 Å². The summed E-state index contributed by atoms with van der Waals surface area (Å²) in [6, 6.07) is 12.1. The zero-order valence-corrected chi connectivity index (χ0v) is 15.2. The minimum atomic E-state index is 0.00448. The second kappa shape index (κ2) is 7.67. The number of carbonyl (C=O) groups is 1. The number of nitrogens with zero attached hydrogens (tertiary/aromatic N) is 5. The Morgan fingerprint density at radius 2 is 2.11 bits per heavy atom. The fourth-order valence-corrected chi connectivity index (χ4v) is 3.39. The van der Waals surface area contributed by atoms with Crippen LogP contribution < -0.4 is 5.32 Å². The molecule has 27 heavy (non-hydrogen) atoms. The van der Waals surface area contributed by atoms with Gasteiger partial charge in [0.2, 0.25) is 0 Å². The van der Waals surface area contributed by atoms with Gasteiger partial charge in [0.05, 0.1) is 6.04 Å². The largest absolute Gasteiger partial charge is 0.329 e. The van der Waals surface area contributed by atoms with Gasteiger partial charge in [-0.05, 0) is 29.7 Å². The number of carbonyl (C=O) groups excluding carboxylic acids is 1. The van der Waals surface area contributed by atoms with Crippen molar-refractivity contribution in [2.24, 2.45) is 0 Å². The average molecular weight is 362 g/mol. The van der Waals surface area contributed by atoms with E-state index in [1.807, 2.05) is 4.90 Å². The molecule has 1 aliphatic rings. The van der Waals surface area contributed by atoms with Gasteiger partial charge < -0.3 is 10.2 Å². The normalized spacial score (nSPS) is 17.1. The number of piperazine rings is 1. The predicted octanol–water partition coefficient (Wildman–Crippen LogP) is 2.01. The maximum Gasteiger partial charge on any atom is 0.254 e. The van der Waals surface area contributed by atoms with Crippen LogP contribution in [-0.2, 0) is 6.42 Å². The molecule has 1 N–H and O–H groups in total. The molecule has 2 aromatic heterocycles. The summed E-state index contributed by atoms with van der Waals surface area (Å²) in [5, 5.41) is 7.49. The summed E-state index contributed by atoms with van der Waals surface area (Å²) in [6.45, 7) is 4.34. The van der Waals surface area contributed by atoms with Crippen molar-refractivity contribution in [2.45, 2.75) is 19.4 Å². The van der Waals surface area contributed by atoms with Gasteiger partial charge in [-0.1, -0.05) is 31.2 Å². The van der Waals surface area contributed by atoms with Crippen molar-refractivity contribution in [3.8, 4) is 5.82 Å². The number of amides is 1. The van der Waals surface area contributed by atoms with E-state index < -0.39 is 0 Å². The standard InChI is InChI=1S/C20H22N6O/c1-2-15-3-5-16(6-4-15)18-12-21-9-10-25(18)20(27)17-7-8-23-19(11-17)26-14-22-13-24-26/h3-8,11,13-14,18,21H,2,9-10,12H2,1H3. The lowest BCUT2D eigenvalue weighted by Gasteiger charge is -2.36. The molecule has 1 atom stereocenters. The highest BCUT2D eigenvalue weighted by Crippen LogP contribution is 2.25. The van der Waals surface area contributed by atoms with Crippen molar-refractivity contribution < 1.29 is 4.79 Å². The van der Waals surface area contributed by atoms with E-state index in [2.05, 4.69) is 51.6 Å². The minimum Gasteiger partial charge on any atom is -0.329 e. The molecular weight excluding hydrogens is 340 g/mol. The molecule has 0 saturated carbocycles. The Hall–Kier alpha value is -3.06. The van der Waals surface area contributed by atoms with E-state index in [9.17, 15) is 4.79 Å². The van der Waals surface area contributed by atoms with Crippen LogP contribution in [-0.4, -0.2) is 50.2 Å². The highest BCUT2D eigenvalue weighted by atomic mass is 16.2. The van der Waals surface area contributed by atoms with Crippen molar-refractivity contribution in [2.75, 3.05) is 19.6 Å². The quantitative estimate of drug-likeness (QED) is 0.768. The van der Waals surface area contributed by atoms with Crippen LogP contribution in [0.3, 0.4) is 0 Å². The van der Waals surface area contributed by atoms with Crippen LogP contribution in [0.2, 0.25) is 0 Å². The van der Waals surface area contributed by atoms with Crippen LogP contribution in [0.25, 0.3) is 5.82 Å². The Labute approximate surface area is 158 Å². The highest BCUT2D eigenvalue weighted by molar-refractivity contribution is 5.95. The van der Waals surface area contributed by atoms with E-state index in [1.165, 1.54) is 11.9 Å². The summed E-state index contributed by atoms with van der Waals surface area (Å²) in [6.07, 6.45) is 5.66. The molecule has 1 unspecified atom stereocenters. The van der Waals surface area contributed by atoms with E-state index in [0.717, 1.165) is 25.1 Å². The van der Waals surface area contributed by atoms with Gasteiger partial charge in [0.15, 0.2) is 5.82 Å². The molecule has 3 aromatic rings. The monoisotopic (exact) mass is 362 g/mol. The summed E-state index contributed by atoms with van der Waals surface area (Å²) in [5.41, 5.74) is 3.05. The third kappa shape index (κ3) is 3.59. The van der Waals surface area contributed by atoms with E-state index in [1.54, 1.807) is 29.3 Å². The average Bonchev–Trinajstić information content (AvgIpc) is 3.28. The number of pyridine rings is 1. The Kier molecular flexibility index (Phi) is 4.93. The second-order valence-corrected chi connectivity index (χ2v) is 6.56. The van der Waals surface area contributed by atoms with Crippen molar-refractivity contribution in [1.29, 1.82) is 0 Å². The Bertz CT molecular complexity index is 906. The molecule has 138 valence electrons. The molecule has 0 aliphatic carbocycles. The zero-order valence-electron chi connectivity index (χ0n) is 15.2. The molecule has 7 heteroatoms. The Morgan fingerprint density at radius 1 is 1.26 bits per heavy atom. The van der Waals surface area contributed by atoms with Crippen LogP contribution in [0.5, 0.6) is 0 Å². The lowest BCUT2D eigenvalue weighted by molar-refractivity contribution is 0.0634. The van der Waals surface area contributed by atoms with Gasteiger partial charge in [-0.15, -0.1) is 0 Å². The second-order valence-electron chi connectivity index (χ2n) is 6.56. The lowest BCUT2D eigenvalue weighted by atomic mass is 10.00. The minimum absolute atomic E-state index is 0.00448. The first-order chi connectivity index (χ1) is 13.3. The topological polar surface area (TPSA) is 75.9 Å². The first-order valence-corrected chi connectivity index (χ1v) is 9.18. The van der Waals surface area contributed by atoms with Crippen molar-refractivity contribution in [1.82, 2.24) is 30.0 Å². The van der Waals surface area contributed by atoms with Gasteiger partial charge in [-0.2, -0.15) is 5.10 Å². The smallest absolute Gasteiger partial charge is 0.254 e. The number of benzene rings is 1. The van der Waals surface area contributed by atoms with Crippen LogP contribution in [0.4, 0.5) is 0 Å². The summed E-state index contributed by atoms with van der Waals surface area (Å²) >= 11 is 0. The zero-order chi connectivity index (χ0) is 18.6. The maximum atomic E-state index is 13.3. The molecule has 1 aliphatic heterocycles. The Balaban J connectivity index is 1.61. The summed E-state index contributed by atoms with van der Waals surface area (Å²) in [5.74, 6) is 0.585.